The van der Waals surface area contributed by atoms with Crippen molar-refractivity contribution in [3.63, 3.8) is 0 Å². The van der Waals surface area contributed by atoms with Crippen LogP contribution in [0.25, 0.3) is 0 Å². The molecule has 1 rings (SSSR count). The average molecular weight is 246 g/mol. The number of nitrogens with one attached hydrogen (secondary N) is 1. The fraction of sp³-hybridized carbons (Fsp3) is 0.250. The van der Waals surface area contributed by atoms with Crippen molar-refractivity contribution in [2.24, 2.45) is 0 Å². The van der Waals surface area contributed by atoms with Crippen LogP contribution in [-0.2, 0) is 10.0 Å². The number of nitro groups is 1. The molecule has 0 aliphatic heterocycles. The van der Waals surface area contributed by atoms with Gasteiger partial charge in [0.25, 0.3) is 10.0 Å². The third-order valence-corrected chi connectivity index (χ3v) is 2.72. The number of anilines is 1. The maximum Gasteiger partial charge on any atom is 0.319 e. The highest BCUT2D eigenvalue weighted by atomic mass is 32.2. The van der Waals surface area contributed by atoms with Gasteiger partial charge in [0.05, 0.1) is 12.8 Å². The van der Waals surface area contributed by atoms with Crippen molar-refractivity contribution in [1.29, 1.82) is 0 Å². The van der Waals surface area contributed by atoms with E-state index in [1.54, 1.807) is 12.1 Å². The molecule has 0 unspecified atom stereocenters. The fourth-order valence-corrected chi connectivity index (χ4v) is 1.87. The van der Waals surface area contributed by atoms with Crippen LogP contribution in [0.3, 0.4) is 0 Å². The van der Waals surface area contributed by atoms with Gasteiger partial charge in [-0.2, -0.15) is 8.42 Å². The summed E-state index contributed by atoms with van der Waals surface area (Å²) >= 11 is 0. The highest BCUT2D eigenvalue weighted by Gasteiger charge is 2.17. The second kappa shape index (κ2) is 4.79. The number of hydrogen-bond acceptors (Lipinski definition) is 5. The Morgan fingerprint density at radius 1 is 1.50 bits per heavy atom. The van der Waals surface area contributed by atoms with Crippen LogP contribution in [0.5, 0.6) is 5.75 Å². The highest BCUT2D eigenvalue weighted by Crippen LogP contribution is 2.17. The second-order valence-corrected chi connectivity index (χ2v) is 4.60. The van der Waals surface area contributed by atoms with Gasteiger partial charge in [-0.15, -0.1) is 0 Å². The largest absolute Gasteiger partial charge is 0.497 e. The first-order valence-electron chi connectivity index (χ1n) is 4.19. The van der Waals surface area contributed by atoms with Gasteiger partial charge >= 0.3 is 5.88 Å². The van der Waals surface area contributed by atoms with E-state index in [9.17, 15) is 18.5 Å². The summed E-state index contributed by atoms with van der Waals surface area (Å²) in [5, 5.41) is 10.1. The lowest BCUT2D eigenvalue weighted by molar-refractivity contribution is -0.458. The van der Waals surface area contributed by atoms with Crippen molar-refractivity contribution in [2.45, 2.75) is 0 Å². The monoisotopic (exact) mass is 246 g/mol. The summed E-state index contributed by atoms with van der Waals surface area (Å²) in [4.78, 5) is 9.18. The summed E-state index contributed by atoms with van der Waals surface area (Å²) in [6.45, 7) is 0. The van der Waals surface area contributed by atoms with Gasteiger partial charge in [0.1, 0.15) is 5.75 Å². The molecule has 0 amide bonds. The third kappa shape index (κ3) is 3.73. The first kappa shape index (κ1) is 12.2. The van der Waals surface area contributed by atoms with Gasteiger partial charge in [-0.05, 0) is 12.1 Å². The zero-order valence-corrected chi connectivity index (χ0v) is 9.23. The molecule has 0 fully saturated rings. The Labute approximate surface area is 92.2 Å². The minimum Gasteiger partial charge on any atom is -0.497 e. The Bertz CT molecular complexity index is 485. The van der Waals surface area contributed by atoms with Crippen LogP contribution in [0.1, 0.15) is 0 Å². The number of sulfonamides is 1. The molecule has 0 radical (unpaired) electrons. The molecular formula is C8H10N2O5S. The van der Waals surface area contributed by atoms with E-state index in [0.717, 1.165) is 0 Å². The maximum absolute atomic E-state index is 11.2. The molecule has 7 nitrogen and oxygen atoms in total. The van der Waals surface area contributed by atoms with Crippen LogP contribution in [0.2, 0.25) is 0 Å². The maximum atomic E-state index is 11.2. The first-order valence-corrected chi connectivity index (χ1v) is 5.84. The van der Waals surface area contributed by atoms with Crippen LogP contribution < -0.4 is 9.46 Å². The molecule has 0 heterocycles. The Morgan fingerprint density at radius 2 is 2.19 bits per heavy atom. The van der Waals surface area contributed by atoms with Crippen molar-refractivity contribution in [3.05, 3.63) is 34.4 Å². The number of methoxy groups -OCH3 is 1. The Balaban J connectivity index is 2.83. The first-order chi connectivity index (χ1) is 7.43. The van der Waals surface area contributed by atoms with E-state index < -0.39 is 20.8 Å². The normalized spacial score (nSPS) is 10.8. The van der Waals surface area contributed by atoms with Crippen molar-refractivity contribution in [1.82, 2.24) is 0 Å². The minimum atomic E-state index is -3.96. The predicted octanol–water partition coefficient (Wildman–Crippen LogP) is 0.671. The summed E-state index contributed by atoms with van der Waals surface area (Å²) in [6.07, 6.45) is 0. The van der Waals surface area contributed by atoms with E-state index in [0.29, 0.717) is 5.75 Å². The average Bonchev–Trinajstić information content (AvgIpc) is 2.15. The minimum absolute atomic E-state index is 0.223. The lowest BCUT2D eigenvalue weighted by Gasteiger charge is -2.06. The second-order valence-electron chi connectivity index (χ2n) is 2.91. The van der Waals surface area contributed by atoms with E-state index >= 15 is 0 Å². The van der Waals surface area contributed by atoms with Gasteiger partial charge in [-0.25, -0.2) is 0 Å². The highest BCUT2D eigenvalue weighted by molar-refractivity contribution is 7.92. The summed E-state index contributed by atoms with van der Waals surface area (Å²) in [5.41, 5.74) is 0.223. The molecule has 8 heteroatoms. The molecule has 1 aromatic carbocycles. The van der Waals surface area contributed by atoms with Crippen LogP contribution >= 0.6 is 0 Å². The van der Waals surface area contributed by atoms with Gasteiger partial charge in [0.15, 0.2) is 0 Å². The molecule has 16 heavy (non-hydrogen) atoms. The lowest BCUT2D eigenvalue weighted by atomic mass is 10.3. The number of ether oxygens (including phenoxy) is 1. The molecule has 1 aromatic rings. The Kier molecular flexibility index (Phi) is 3.67. The van der Waals surface area contributed by atoms with Gasteiger partial charge in [0.2, 0.25) is 0 Å². The van der Waals surface area contributed by atoms with Crippen LogP contribution in [0.4, 0.5) is 5.69 Å². The quantitative estimate of drug-likeness (QED) is 0.608. The topological polar surface area (TPSA) is 98.5 Å². The van der Waals surface area contributed by atoms with E-state index in [4.69, 9.17) is 4.74 Å². The number of benzene rings is 1. The zero-order chi connectivity index (χ0) is 12.2. The molecule has 88 valence electrons. The molecule has 0 spiro atoms. The SMILES string of the molecule is COc1cccc(NS(=O)(=O)C[N+](=O)[O-])c1. The summed E-state index contributed by atoms with van der Waals surface area (Å²) < 4.78 is 29.4. The lowest BCUT2D eigenvalue weighted by Crippen LogP contribution is -2.21. The van der Waals surface area contributed by atoms with E-state index in [-0.39, 0.29) is 5.69 Å². The summed E-state index contributed by atoms with van der Waals surface area (Å²) in [6, 6.07) is 6.10. The molecule has 0 bridgehead atoms. The number of hydrogen-bond donors (Lipinski definition) is 1. The smallest absolute Gasteiger partial charge is 0.319 e. The molecule has 0 atom stereocenters. The van der Waals surface area contributed by atoms with Crippen molar-refractivity contribution >= 4 is 15.7 Å². The van der Waals surface area contributed by atoms with E-state index in [2.05, 4.69) is 4.72 Å². The van der Waals surface area contributed by atoms with Crippen molar-refractivity contribution in [3.8, 4) is 5.75 Å². The van der Waals surface area contributed by atoms with Gasteiger partial charge < -0.3 is 4.74 Å². The van der Waals surface area contributed by atoms with Gasteiger partial charge in [0, 0.05) is 11.0 Å². The molecule has 0 saturated heterocycles. The van der Waals surface area contributed by atoms with E-state index in [1.165, 1.54) is 19.2 Å². The Morgan fingerprint density at radius 3 is 2.75 bits per heavy atom. The number of rotatable bonds is 5. The molecular weight excluding hydrogens is 236 g/mol. The molecule has 1 N–H and O–H groups in total. The van der Waals surface area contributed by atoms with Gasteiger partial charge in [-0.3, -0.25) is 14.8 Å². The molecule has 0 saturated carbocycles. The summed E-state index contributed by atoms with van der Waals surface area (Å²) in [5.74, 6) is -0.703. The van der Waals surface area contributed by atoms with Crippen LogP contribution in [-0.4, -0.2) is 26.3 Å². The van der Waals surface area contributed by atoms with Crippen molar-refractivity contribution < 1.29 is 18.1 Å². The van der Waals surface area contributed by atoms with Crippen LogP contribution in [0, 0.1) is 10.1 Å². The molecule has 0 aromatic heterocycles. The fourth-order valence-electron chi connectivity index (χ4n) is 1.04. The molecule has 0 aliphatic rings. The Hall–Kier alpha value is -1.83. The molecule has 0 aliphatic carbocycles. The number of nitrogens with zero attached hydrogens (tertiary/aromatic N) is 1. The standard InChI is InChI=1S/C8H10N2O5S/c1-15-8-4-2-3-7(5-8)9-16(13,14)6-10(11)12/h2-5,9H,6H2,1H3. The third-order valence-electron chi connectivity index (χ3n) is 1.62. The van der Waals surface area contributed by atoms with E-state index in [1.807, 2.05) is 0 Å². The van der Waals surface area contributed by atoms with Gasteiger partial charge in [-0.1, -0.05) is 6.07 Å². The predicted molar refractivity (Wildman–Crippen MR) is 57.4 cm³/mol. The zero-order valence-electron chi connectivity index (χ0n) is 8.41. The van der Waals surface area contributed by atoms with Crippen LogP contribution in [0.15, 0.2) is 24.3 Å². The summed E-state index contributed by atoms with van der Waals surface area (Å²) in [7, 11) is -2.53. The van der Waals surface area contributed by atoms with Crippen molar-refractivity contribution in [2.75, 3.05) is 17.7 Å².